The number of hydrogen-bond acceptors (Lipinski definition) is 3. The number of carbonyl (C=O) groups is 1. The zero-order valence-electron chi connectivity index (χ0n) is 11.4. The molecule has 0 radical (unpaired) electrons. The van der Waals surface area contributed by atoms with E-state index in [0.717, 1.165) is 5.56 Å². The Kier molecular flexibility index (Phi) is 4.32. The molecule has 0 spiro atoms. The Bertz CT molecular complexity index is 548. The van der Waals surface area contributed by atoms with Gasteiger partial charge in [-0.25, -0.2) is 4.98 Å². The molecule has 2 rings (SSSR count). The van der Waals surface area contributed by atoms with Crippen molar-refractivity contribution in [1.29, 1.82) is 0 Å². The number of nitrogens with zero attached hydrogens (tertiary/aromatic N) is 1. The summed E-state index contributed by atoms with van der Waals surface area (Å²) in [6.45, 7) is 6.14. The Morgan fingerprint density at radius 2 is 1.89 bits per heavy atom. The van der Waals surface area contributed by atoms with E-state index in [1.165, 1.54) is 16.2 Å². The van der Waals surface area contributed by atoms with Crippen molar-refractivity contribution in [2.75, 3.05) is 5.32 Å². The Labute approximate surface area is 117 Å². The van der Waals surface area contributed by atoms with Gasteiger partial charge < -0.3 is 5.32 Å². The van der Waals surface area contributed by atoms with Gasteiger partial charge in [0.1, 0.15) is 0 Å². The average molecular weight is 274 g/mol. The lowest BCUT2D eigenvalue weighted by Gasteiger charge is -2.10. The van der Waals surface area contributed by atoms with Crippen LogP contribution in [0.15, 0.2) is 36.5 Å². The van der Waals surface area contributed by atoms with Gasteiger partial charge in [0.15, 0.2) is 5.13 Å². The number of anilines is 1. The highest BCUT2D eigenvalue weighted by Crippen LogP contribution is 2.26. The molecule has 1 N–H and O–H groups in total. The van der Waals surface area contributed by atoms with Crippen molar-refractivity contribution in [3.63, 3.8) is 0 Å². The van der Waals surface area contributed by atoms with Crippen LogP contribution in [-0.4, -0.2) is 10.9 Å². The van der Waals surface area contributed by atoms with Crippen LogP contribution in [0.2, 0.25) is 0 Å². The lowest BCUT2D eigenvalue weighted by Crippen LogP contribution is -2.18. The highest BCUT2D eigenvalue weighted by molar-refractivity contribution is 7.15. The lowest BCUT2D eigenvalue weighted by atomic mass is 10.0. The Balaban J connectivity index is 2.04. The van der Waals surface area contributed by atoms with Crippen molar-refractivity contribution in [3.05, 3.63) is 47.0 Å². The van der Waals surface area contributed by atoms with Gasteiger partial charge in [0.05, 0.1) is 5.92 Å². The van der Waals surface area contributed by atoms with Crippen molar-refractivity contribution in [2.45, 2.75) is 32.6 Å². The van der Waals surface area contributed by atoms with Crippen molar-refractivity contribution in [3.8, 4) is 0 Å². The Morgan fingerprint density at radius 3 is 2.47 bits per heavy atom. The van der Waals surface area contributed by atoms with E-state index < -0.39 is 0 Å². The molecule has 0 aliphatic heterocycles. The quantitative estimate of drug-likeness (QED) is 0.915. The predicted molar refractivity (Wildman–Crippen MR) is 79.7 cm³/mol. The van der Waals surface area contributed by atoms with Crippen LogP contribution in [0.3, 0.4) is 0 Å². The van der Waals surface area contributed by atoms with Crippen LogP contribution in [0.1, 0.15) is 43.0 Å². The molecule has 0 fully saturated rings. The van der Waals surface area contributed by atoms with E-state index in [9.17, 15) is 4.79 Å². The fourth-order valence-corrected chi connectivity index (χ4v) is 2.54. The number of carbonyl (C=O) groups excluding carboxylic acids is 1. The van der Waals surface area contributed by atoms with E-state index in [2.05, 4.69) is 24.1 Å². The van der Waals surface area contributed by atoms with E-state index in [1.54, 1.807) is 0 Å². The smallest absolute Gasteiger partial charge is 0.233 e. The SMILES string of the molecule is CC(C)c1cnc(NC(=O)[C@H](C)c2ccccc2)s1. The Morgan fingerprint density at radius 1 is 1.21 bits per heavy atom. The molecule has 4 heteroatoms. The van der Waals surface area contributed by atoms with Crippen LogP contribution in [0.5, 0.6) is 0 Å². The summed E-state index contributed by atoms with van der Waals surface area (Å²) in [7, 11) is 0. The molecule has 0 aliphatic rings. The molecule has 0 bridgehead atoms. The van der Waals surface area contributed by atoms with Crippen molar-refractivity contribution >= 4 is 22.4 Å². The second kappa shape index (κ2) is 5.97. The number of benzene rings is 1. The van der Waals surface area contributed by atoms with Crippen molar-refractivity contribution in [1.82, 2.24) is 4.98 Å². The summed E-state index contributed by atoms with van der Waals surface area (Å²) < 4.78 is 0. The standard InChI is InChI=1S/C15H18N2OS/c1-10(2)13-9-16-15(19-13)17-14(18)11(3)12-7-5-4-6-8-12/h4-11H,1-3H3,(H,16,17,18)/t11-/m1/s1. The van der Waals surface area contributed by atoms with Crippen LogP contribution in [-0.2, 0) is 4.79 Å². The minimum absolute atomic E-state index is 0.0177. The molecule has 19 heavy (non-hydrogen) atoms. The number of thiazole rings is 1. The van der Waals surface area contributed by atoms with Gasteiger partial charge in [0.2, 0.25) is 5.91 Å². The van der Waals surface area contributed by atoms with Gasteiger partial charge in [-0.1, -0.05) is 44.2 Å². The molecule has 0 unspecified atom stereocenters. The van der Waals surface area contributed by atoms with Crippen molar-refractivity contribution < 1.29 is 4.79 Å². The molecule has 1 heterocycles. The number of rotatable bonds is 4. The normalized spacial score (nSPS) is 12.4. The minimum Gasteiger partial charge on any atom is -0.301 e. The number of hydrogen-bond donors (Lipinski definition) is 1. The first kappa shape index (κ1) is 13.7. The first-order valence-corrected chi connectivity index (χ1v) is 7.21. The van der Waals surface area contributed by atoms with Gasteiger partial charge in [-0.15, -0.1) is 11.3 Å². The molecule has 1 aromatic heterocycles. The maximum absolute atomic E-state index is 12.1. The molecule has 100 valence electrons. The molecule has 0 saturated carbocycles. The molecular formula is C15H18N2OS. The maximum Gasteiger partial charge on any atom is 0.233 e. The highest BCUT2D eigenvalue weighted by Gasteiger charge is 2.16. The third-order valence-corrected chi connectivity index (χ3v) is 4.23. The highest BCUT2D eigenvalue weighted by atomic mass is 32.1. The summed E-state index contributed by atoms with van der Waals surface area (Å²) in [5.74, 6) is 0.248. The molecule has 0 aliphatic carbocycles. The van der Waals surface area contributed by atoms with Gasteiger partial charge in [0.25, 0.3) is 0 Å². The van der Waals surface area contributed by atoms with Gasteiger partial charge in [-0.3, -0.25) is 4.79 Å². The summed E-state index contributed by atoms with van der Waals surface area (Å²) in [6, 6.07) is 9.76. The minimum atomic E-state index is -0.174. The van der Waals surface area contributed by atoms with Gasteiger partial charge >= 0.3 is 0 Å². The van der Waals surface area contributed by atoms with Crippen LogP contribution in [0, 0.1) is 0 Å². The first-order chi connectivity index (χ1) is 9.08. The molecule has 1 aromatic carbocycles. The van der Waals surface area contributed by atoms with E-state index in [0.29, 0.717) is 11.0 Å². The maximum atomic E-state index is 12.1. The summed E-state index contributed by atoms with van der Waals surface area (Å²) in [6.07, 6.45) is 1.83. The largest absolute Gasteiger partial charge is 0.301 e. The molecular weight excluding hydrogens is 256 g/mol. The lowest BCUT2D eigenvalue weighted by molar-refractivity contribution is -0.117. The molecule has 2 aromatic rings. The third-order valence-electron chi connectivity index (χ3n) is 3.02. The van der Waals surface area contributed by atoms with Gasteiger partial charge in [-0.2, -0.15) is 0 Å². The average Bonchev–Trinajstić information content (AvgIpc) is 2.87. The number of amides is 1. The van der Waals surface area contributed by atoms with Crippen LogP contribution in [0.25, 0.3) is 0 Å². The predicted octanol–water partition coefficient (Wildman–Crippen LogP) is 4.01. The summed E-state index contributed by atoms with van der Waals surface area (Å²) >= 11 is 1.54. The third kappa shape index (κ3) is 3.41. The summed E-state index contributed by atoms with van der Waals surface area (Å²) in [5.41, 5.74) is 1.01. The monoisotopic (exact) mass is 274 g/mol. The second-order valence-corrected chi connectivity index (χ2v) is 5.91. The molecule has 1 atom stereocenters. The van der Waals surface area contributed by atoms with Gasteiger partial charge in [-0.05, 0) is 18.4 Å². The topological polar surface area (TPSA) is 42.0 Å². The first-order valence-electron chi connectivity index (χ1n) is 6.39. The second-order valence-electron chi connectivity index (χ2n) is 4.84. The molecule has 1 amide bonds. The number of nitrogens with one attached hydrogen (secondary N) is 1. The fourth-order valence-electron chi connectivity index (χ4n) is 1.72. The summed E-state index contributed by atoms with van der Waals surface area (Å²) in [5, 5.41) is 3.56. The molecule has 0 saturated heterocycles. The molecule has 3 nitrogen and oxygen atoms in total. The zero-order valence-corrected chi connectivity index (χ0v) is 12.2. The van der Waals surface area contributed by atoms with Crippen LogP contribution in [0.4, 0.5) is 5.13 Å². The van der Waals surface area contributed by atoms with Crippen LogP contribution < -0.4 is 5.32 Å². The van der Waals surface area contributed by atoms with Crippen LogP contribution >= 0.6 is 11.3 Å². The summed E-state index contributed by atoms with van der Waals surface area (Å²) in [4.78, 5) is 17.6. The fraction of sp³-hybridized carbons (Fsp3) is 0.333. The van der Waals surface area contributed by atoms with E-state index >= 15 is 0 Å². The van der Waals surface area contributed by atoms with E-state index in [4.69, 9.17) is 0 Å². The van der Waals surface area contributed by atoms with Crippen molar-refractivity contribution in [2.24, 2.45) is 0 Å². The number of aromatic nitrogens is 1. The zero-order chi connectivity index (χ0) is 13.8. The van der Waals surface area contributed by atoms with E-state index in [-0.39, 0.29) is 11.8 Å². The van der Waals surface area contributed by atoms with Gasteiger partial charge in [0, 0.05) is 11.1 Å². The van der Waals surface area contributed by atoms with E-state index in [1.807, 2.05) is 43.5 Å². The Hall–Kier alpha value is -1.68.